The zero-order valence-corrected chi connectivity index (χ0v) is 23.7. The summed E-state index contributed by atoms with van der Waals surface area (Å²) in [6, 6.07) is 19.7. The predicted molar refractivity (Wildman–Crippen MR) is 152 cm³/mol. The van der Waals surface area contributed by atoms with Crippen LogP contribution in [0, 0.1) is 13.8 Å². The van der Waals surface area contributed by atoms with Gasteiger partial charge in [0.05, 0.1) is 10.6 Å². The summed E-state index contributed by atoms with van der Waals surface area (Å²) in [5, 5.41) is 3.24. The lowest BCUT2D eigenvalue weighted by molar-refractivity contribution is -0.139. The third-order valence-corrected chi connectivity index (χ3v) is 8.24. The van der Waals surface area contributed by atoms with Crippen molar-refractivity contribution in [2.45, 2.75) is 51.6 Å². The molecule has 0 radical (unpaired) electrons. The molecule has 0 fully saturated rings. The average Bonchev–Trinajstić information content (AvgIpc) is 2.89. The molecule has 38 heavy (non-hydrogen) atoms. The summed E-state index contributed by atoms with van der Waals surface area (Å²) in [5.41, 5.74) is 2.94. The SMILES string of the molecule is CCCNC(=O)[C@@H](C)N(Cc1cccc(C)c1)C(=O)CN(c1ccccc1C)S(=O)(=O)c1ccc(Cl)cc1. The predicted octanol–water partition coefficient (Wildman–Crippen LogP) is 5.10. The van der Waals surface area contributed by atoms with Crippen molar-refractivity contribution >= 4 is 39.1 Å². The number of benzene rings is 3. The first-order chi connectivity index (χ1) is 18.0. The smallest absolute Gasteiger partial charge is 0.264 e. The summed E-state index contributed by atoms with van der Waals surface area (Å²) >= 11 is 5.99. The molecule has 2 amide bonds. The summed E-state index contributed by atoms with van der Waals surface area (Å²) in [4.78, 5) is 28.3. The second-order valence-electron chi connectivity index (χ2n) is 9.23. The number of nitrogens with zero attached hydrogens (tertiary/aromatic N) is 2. The lowest BCUT2D eigenvalue weighted by atomic mass is 10.1. The highest BCUT2D eigenvalue weighted by molar-refractivity contribution is 7.92. The number of hydrogen-bond acceptors (Lipinski definition) is 4. The largest absolute Gasteiger partial charge is 0.354 e. The Morgan fingerprint density at radius 3 is 2.29 bits per heavy atom. The Hall–Kier alpha value is -3.36. The van der Waals surface area contributed by atoms with Gasteiger partial charge in [0, 0.05) is 18.1 Å². The van der Waals surface area contributed by atoms with E-state index in [1.807, 2.05) is 38.1 Å². The number of rotatable bonds is 11. The summed E-state index contributed by atoms with van der Waals surface area (Å²) in [5.74, 6) is -0.790. The summed E-state index contributed by atoms with van der Waals surface area (Å²) < 4.78 is 28.8. The van der Waals surface area contributed by atoms with Crippen LogP contribution in [0.25, 0.3) is 0 Å². The highest BCUT2D eigenvalue weighted by Crippen LogP contribution is 2.28. The van der Waals surface area contributed by atoms with Crippen LogP contribution < -0.4 is 9.62 Å². The molecule has 0 spiro atoms. The van der Waals surface area contributed by atoms with Crippen LogP contribution in [0.2, 0.25) is 5.02 Å². The Morgan fingerprint density at radius 1 is 0.974 bits per heavy atom. The normalized spacial score (nSPS) is 12.0. The van der Waals surface area contributed by atoms with E-state index in [9.17, 15) is 18.0 Å². The molecule has 0 aromatic heterocycles. The molecule has 1 N–H and O–H groups in total. The van der Waals surface area contributed by atoms with Crippen LogP contribution in [0.3, 0.4) is 0 Å². The number of hydrogen-bond donors (Lipinski definition) is 1. The van der Waals surface area contributed by atoms with Crippen LogP contribution >= 0.6 is 11.6 Å². The van der Waals surface area contributed by atoms with E-state index in [4.69, 9.17) is 11.6 Å². The molecule has 0 heterocycles. The van der Waals surface area contributed by atoms with Crippen LogP contribution in [0.15, 0.2) is 77.7 Å². The number of carbonyl (C=O) groups is 2. The van der Waals surface area contributed by atoms with Gasteiger partial charge in [0.15, 0.2) is 0 Å². The second-order valence-corrected chi connectivity index (χ2v) is 11.5. The highest BCUT2D eigenvalue weighted by atomic mass is 35.5. The number of anilines is 1. The molecule has 0 aliphatic heterocycles. The molecule has 0 bridgehead atoms. The molecule has 3 rings (SSSR count). The third-order valence-electron chi connectivity index (χ3n) is 6.22. The first kappa shape index (κ1) is 29.2. The van der Waals surface area contributed by atoms with Gasteiger partial charge in [-0.15, -0.1) is 0 Å². The maximum absolute atomic E-state index is 13.9. The molecular weight excluding hydrogens is 522 g/mol. The van der Waals surface area contributed by atoms with E-state index in [-0.39, 0.29) is 17.3 Å². The van der Waals surface area contributed by atoms with Gasteiger partial charge in [-0.25, -0.2) is 8.42 Å². The van der Waals surface area contributed by atoms with Crippen LogP contribution in [-0.4, -0.2) is 44.3 Å². The third kappa shape index (κ3) is 7.14. The van der Waals surface area contributed by atoms with Gasteiger partial charge in [-0.05, 0) is 68.7 Å². The first-order valence-electron chi connectivity index (χ1n) is 12.5. The Morgan fingerprint density at radius 2 is 1.66 bits per heavy atom. The number of amides is 2. The fourth-order valence-corrected chi connectivity index (χ4v) is 5.68. The second kappa shape index (κ2) is 12.9. The minimum absolute atomic E-state index is 0.0110. The minimum Gasteiger partial charge on any atom is -0.354 e. The zero-order valence-electron chi connectivity index (χ0n) is 22.1. The Labute approximate surface area is 230 Å². The summed E-state index contributed by atoms with van der Waals surface area (Å²) in [6.45, 7) is 7.50. The van der Waals surface area contributed by atoms with E-state index in [0.29, 0.717) is 22.8 Å². The van der Waals surface area contributed by atoms with Crippen LogP contribution in [0.5, 0.6) is 0 Å². The number of halogens is 1. The lowest BCUT2D eigenvalue weighted by Crippen LogP contribution is -2.51. The van der Waals surface area contributed by atoms with Crippen LogP contribution in [-0.2, 0) is 26.2 Å². The van der Waals surface area contributed by atoms with Gasteiger partial charge in [0.25, 0.3) is 10.0 Å². The number of carbonyl (C=O) groups excluding carboxylic acids is 2. The fourth-order valence-electron chi connectivity index (χ4n) is 4.08. The van der Waals surface area contributed by atoms with Crippen molar-refractivity contribution in [1.82, 2.24) is 10.2 Å². The van der Waals surface area contributed by atoms with Crippen molar-refractivity contribution in [2.75, 3.05) is 17.4 Å². The summed E-state index contributed by atoms with van der Waals surface area (Å²) in [7, 11) is -4.14. The van der Waals surface area contributed by atoms with Gasteiger partial charge in [-0.2, -0.15) is 0 Å². The van der Waals surface area contributed by atoms with E-state index < -0.39 is 28.5 Å². The summed E-state index contributed by atoms with van der Waals surface area (Å²) in [6.07, 6.45) is 0.755. The lowest BCUT2D eigenvalue weighted by Gasteiger charge is -2.32. The number of aryl methyl sites for hydroxylation is 2. The minimum atomic E-state index is -4.14. The molecule has 1 atom stereocenters. The van der Waals surface area contributed by atoms with Crippen molar-refractivity contribution < 1.29 is 18.0 Å². The maximum Gasteiger partial charge on any atom is 0.264 e. The van der Waals surface area contributed by atoms with Crippen molar-refractivity contribution in [3.63, 3.8) is 0 Å². The van der Waals surface area contributed by atoms with Crippen molar-refractivity contribution in [1.29, 1.82) is 0 Å². The molecule has 0 saturated carbocycles. The standard InChI is InChI=1S/C29H34ClN3O4S/c1-5-17-31-29(35)23(4)32(19-24-11-8-9-21(2)18-24)28(34)20-33(27-12-7-6-10-22(27)3)38(36,37)26-15-13-25(30)14-16-26/h6-16,18,23H,5,17,19-20H2,1-4H3,(H,31,35)/t23-/m1/s1. The Balaban J connectivity index is 2.03. The van der Waals surface area contributed by atoms with E-state index >= 15 is 0 Å². The Kier molecular flexibility index (Phi) is 9.94. The van der Waals surface area contributed by atoms with E-state index in [1.165, 1.54) is 29.2 Å². The van der Waals surface area contributed by atoms with Gasteiger partial charge in [0.1, 0.15) is 12.6 Å². The molecule has 0 aliphatic carbocycles. The topological polar surface area (TPSA) is 86.8 Å². The molecule has 3 aromatic carbocycles. The van der Waals surface area contributed by atoms with Crippen molar-refractivity contribution in [2.24, 2.45) is 0 Å². The number of nitrogens with one attached hydrogen (secondary N) is 1. The number of sulfonamides is 1. The molecule has 0 aliphatic rings. The first-order valence-corrected chi connectivity index (χ1v) is 14.3. The molecule has 3 aromatic rings. The average molecular weight is 556 g/mol. The van der Waals surface area contributed by atoms with Crippen LogP contribution in [0.4, 0.5) is 5.69 Å². The Bertz CT molecular complexity index is 1380. The van der Waals surface area contributed by atoms with E-state index in [1.54, 1.807) is 38.1 Å². The van der Waals surface area contributed by atoms with Gasteiger partial charge >= 0.3 is 0 Å². The monoisotopic (exact) mass is 555 g/mol. The van der Waals surface area contributed by atoms with Crippen molar-refractivity contribution in [3.8, 4) is 0 Å². The van der Waals surface area contributed by atoms with Gasteiger partial charge in [-0.3, -0.25) is 13.9 Å². The van der Waals surface area contributed by atoms with Crippen molar-refractivity contribution in [3.05, 3.63) is 94.5 Å². The highest BCUT2D eigenvalue weighted by Gasteiger charge is 2.33. The maximum atomic E-state index is 13.9. The fraction of sp³-hybridized carbons (Fsp3) is 0.310. The quantitative estimate of drug-likeness (QED) is 0.357. The molecule has 202 valence electrons. The van der Waals surface area contributed by atoms with Gasteiger partial charge in [-0.1, -0.05) is 66.6 Å². The molecule has 9 heteroatoms. The molecular formula is C29H34ClN3O4S. The number of para-hydroxylation sites is 1. The van der Waals surface area contributed by atoms with Gasteiger partial charge < -0.3 is 10.2 Å². The van der Waals surface area contributed by atoms with Gasteiger partial charge in [0.2, 0.25) is 11.8 Å². The van der Waals surface area contributed by atoms with Crippen LogP contribution in [0.1, 0.15) is 37.0 Å². The van der Waals surface area contributed by atoms with E-state index in [0.717, 1.165) is 21.9 Å². The zero-order chi connectivity index (χ0) is 27.9. The molecule has 0 unspecified atom stereocenters. The molecule has 7 nitrogen and oxygen atoms in total. The molecule has 0 saturated heterocycles. The van der Waals surface area contributed by atoms with E-state index in [2.05, 4.69) is 5.32 Å².